The maximum Gasteiger partial charge on any atom is 0.122 e. The van der Waals surface area contributed by atoms with Crippen LogP contribution in [0.15, 0.2) is 18.2 Å². The van der Waals surface area contributed by atoms with E-state index in [1.165, 1.54) is 12.0 Å². The van der Waals surface area contributed by atoms with E-state index in [9.17, 15) is 0 Å². The van der Waals surface area contributed by atoms with Crippen LogP contribution < -0.4 is 14.8 Å². The van der Waals surface area contributed by atoms with Gasteiger partial charge in [0.05, 0.1) is 14.2 Å². The molecule has 0 amide bonds. The van der Waals surface area contributed by atoms with E-state index in [0.29, 0.717) is 5.92 Å². The molecule has 1 aromatic rings. The van der Waals surface area contributed by atoms with Gasteiger partial charge in [-0.15, -0.1) is 0 Å². The zero-order valence-electron chi connectivity index (χ0n) is 10.1. The highest BCUT2D eigenvalue weighted by Gasteiger charge is 2.39. The van der Waals surface area contributed by atoms with Crippen molar-refractivity contribution in [3.05, 3.63) is 23.8 Å². The lowest BCUT2D eigenvalue weighted by molar-refractivity contribution is 0.398. The lowest BCUT2D eigenvalue weighted by atomic mass is 10.1. The summed E-state index contributed by atoms with van der Waals surface area (Å²) >= 11 is 0. The van der Waals surface area contributed by atoms with Crippen LogP contribution in [0.25, 0.3) is 0 Å². The Morgan fingerprint density at radius 2 is 2.12 bits per heavy atom. The quantitative estimate of drug-likeness (QED) is 0.825. The first kappa shape index (κ1) is 11.3. The molecule has 0 aliphatic heterocycles. The minimum absolute atomic E-state index is 0.623. The molecule has 2 atom stereocenters. The van der Waals surface area contributed by atoms with Gasteiger partial charge in [-0.25, -0.2) is 0 Å². The number of benzene rings is 1. The molecule has 1 saturated carbocycles. The van der Waals surface area contributed by atoms with Crippen LogP contribution in [0.3, 0.4) is 0 Å². The van der Waals surface area contributed by atoms with E-state index >= 15 is 0 Å². The highest BCUT2D eigenvalue weighted by atomic mass is 16.5. The van der Waals surface area contributed by atoms with Crippen LogP contribution in [0.2, 0.25) is 0 Å². The summed E-state index contributed by atoms with van der Waals surface area (Å²) in [6.07, 6.45) is 1.24. The van der Waals surface area contributed by atoms with Crippen molar-refractivity contribution in [1.82, 2.24) is 5.32 Å². The van der Waals surface area contributed by atoms with Crippen LogP contribution in [0.1, 0.15) is 17.9 Å². The summed E-state index contributed by atoms with van der Waals surface area (Å²) in [5, 5.41) is 3.22. The minimum Gasteiger partial charge on any atom is -0.497 e. The zero-order valence-corrected chi connectivity index (χ0v) is 10.1. The molecule has 1 aliphatic carbocycles. The number of rotatable bonds is 5. The van der Waals surface area contributed by atoms with Crippen molar-refractivity contribution in [1.29, 1.82) is 0 Å². The van der Waals surface area contributed by atoms with E-state index in [1.54, 1.807) is 14.2 Å². The van der Waals surface area contributed by atoms with Gasteiger partial charge in [-0.3, -0.25) is 0 Å². The Bertz CT molecular complexity index is 365. The average molecular weight is 221 g/mol. The standard InChI is InChI=1S/C13H19NO2/c1-14-8-9-6-11(9)12-7-10(15-2)4-5-13(12)16-3/h4-5,7,9,11,14H,6,8H2,1-3H3/t9-,11+/m0/s1. The Morgan fingerprint density at radius 3 is 2.75 bits per heavy atom. The lowest BCUT2D eigenvalue weighted by Crippen LogP contribution is -2.10. The lowest BCUT2D eigenvalue weighted by Gasteiger charge is -2.10. The van der Waals surface area contributed by atoms with Crippen molar-refractivity contribution >= 4 is 0 Å². The molecule has 1 aliphatic rings. The molecule has 0 heterocycles. The summed E-state index contributed by atoms with van der Waals surface area (Å²) in [6, 6.07) is 6.03. The molecule has 88 valence electrons. The molecule has 1 fully saturated rings. The fourth-order valence-corrected chi connectivity index (χ4v) is 2.25. The Labute approximate surface area is 96.8 Å². The molecule has 0 unspecified atom stereocenters. The third-order valence-electron chi connectivity index (χ3n) is 3.23. The molecule has 3 heteroatoms. The van der Waals surface area contributed by atoms with Crippen LogP contribution in [-0.2, 0) is 0 Å². The molecule has 2 rings (SSSR count). The third-order valence-corrected chi connectivity index (χ3v) is 3.23. The first-order valence-corrected chi connectivity index (χ1v) is 5.66. The van der Waals surface area contributed by atoms with E-state index in [1.807, 2.05) is 19.2 Å². The maximum absolute atomic E-state index is 5.40. The van der Waals surface area contributed by atoms with E-state index in [0.717, 1.165) is 24.0 Å². The molecule has 16 heavy (non-hydrogen) atoms. The monoisotopic (exact) mass is 221 g/mol. The largest absolute Gasteiger partial charge is 0.497 e. The van der Waals surface area contributed by atoms with Crippen LogP contribution in [0.5, 0.6) is 11.5 Å². The van der Waals surface area contributed by atoms with E-state index in [-0.39, 0.29) is 0 Å². The highest BCUT2D eigenvalue weighted by molar-refractivity contribution is 5.45. The van der Waals surface area contributed by atoms with Crippen molar-refractivity contribution in [3.8, 4) is 11.5 Å². The molecule has 1 N–H and O–H groups in total. The van der Waals surface area contributed by atoms with Gasteiger partial charge in [-0.05, 0) is 50.0 Å². The normalized spacial score (nSPS) is 22.9. The van der Waals surface area contributed by atoms with Crippen LogP contribution in [0, 0.1) is 5.92 Å². The Kier molecular flexibility index (Phi) is 3.34. The Hall–Kier alpha value is -1.22. The molecule has 0 spiro atoms. The van der Waals surface area contributed by atoms with Gasteiger partial charge >= 0.3 is 0 Å². The molecule has 0 bridgehead atoms. The van der Waals surface area contributed by atoms with Gasteiger partial charge in [0.2, 0.25) is 0 Å². The molecule has 0 aromatic heterocycles. The van der Waals surface area contributed by atoms with Crippen molar-refractivity contribution in [3.63, 3.8) is 0 Å². The van der Waals surface area contributed by atoms with Gasteiger partial charge < -0.3 is 14.8 Å². The van der Waals surface area contributed by atoms with Crippen LogP contribution in [-0.4, -0.2) is 27.8 Å². The van der Waals surface area contributed by atoms with Crippen molar-refractivity contribution in [2.24, 2.45) is 5.92 Å². The molecule has 3 nitrogen and oxygen atoms in total. The number of methoxy groups -OCH3 is 2. The fourth-order valence-electron chi connectivity index (χ4n) is 2.25. The van der Waals surface area contributed by atoms with E-state index < -0.39 is 0 Å². The van der Waals surface area contributed by atoms with Crippen molar-refractivity contribution in [2.45, 2.75) is 12.3 Å². The van der Waals surface area contributed by atoms with Gasteiger partial charge in [0.1, 0.15) is 11.5 Å². The number of nitrogens with one attached hydrogen (secondary N) is 1. The van der Waals surface area contributed by atoms with Gasteiger partial charge in [-0.2, -0.15) is 0 Å². The van der Waals surface area contributed by atoms with Gasteiger partial charge in [-0.1, -0.05) is 0 Å². The topological polar surface area (TPSA) is 30.5 Å². The summed E-state index contributed by atoms with van der Waals surface area (Å²) in [6.45, 7) is 1.07. The SMILES string of the molecule is CNC[C@@H]1C[C@H]1c1cc(OC)ccc1OC. The van der Waals surface area contributed by atoms with Gasteiger partial charge in [0.15, 0.2) is 0 Å². The third kappa shape index (κ3) is 2.14. The first-order valence-electron chi connectivity index (χ1n) is 5.66. The highest BCUT2D eigenvalue weighted by Crippen LogP contribution is 2.50. The molecule has 0 radical (unpaired) electrons. The second-order valence-electron chi connectivity index (χ2n) is 4.27. The number of hydrogen-bond donors (Lipinski definition) is 1. The van der Waals surface area contributed by atoms with E-state index in [4.69, 9.17) is 9.47 Å². The fraction of sp³-hybridized carbons (Fsp3) is 0.538. The van der Waals surface area contributed by atoms with Crippen molar-refractivity contribution in [2.75, 3.05) is 27.8 Å². The smallest absolute Gasteiger partial charge is 0.122 e. The summed E-state index contributed by atoms with van der Waals surface area (Å²) in [5.41, 5.74) is 1.28. The molecular formula is C13H19NO2. The molecule has 0 saturated heterocycles. The van der Waals surface area contributed by atoms with Crippen molar-refractivity contribution < 1.29 is 9.47 Å². The summed E-state index contributed by atoms with van der Waals surface area (Å²) in [5.74, 6) is 3.25. The van der Waals surface area contributed by atoms with E-state index in [2.05, 4.69) is 11.4 Å². The van der Waals surface area contributed by atoms with Crippen LogP contribution in [0.4, 0.5) is 0 Å². The molecular weight excluding hydrogens is 202 g/mol. The summed E-state index contributed by atoms with van der Waals surface area (Å²) < 4.78 is 10.7. The predicted octanol–water partition coefficient (Wildman–Crippen LogP) is 2.03. The zero-order chi connectivity index (χ0) is 11.5. The van der Waals surface area contributed by atoms with Gasteiger partial charge in [0.25, 0.3) is 0 Å². The number of hydrogen-bond acceptors (Lipinski definition) is 3. The second-order valence-corrected chi connectivity index (χ2v) is 4.27. The second kappa shape index (κ2) is 4.74. The molecule has 1 aromatic carbocycles. The maximum atomic E-state index is 5.40. The predicted molar refractivity (Wildman–Crippen MR) is 64.3 cm³/mol. The Morgan fingerprint density at radius 1 is 1.31 bits per heavy atom. The van der Waals surface area contributed by atoms with Gasteiger partial charge in [0, 0.05) is 5.56 Å². The van der Waals surface area contributed by atoms with Crippen LogP contribution >= 0.6 is 0 Å². The Balaban J connectivity index is 2.18. The minimum atomic E-state index is 0.623. The summed E-state index contributed by atoms with van der Waals surface area (Å²) in [4.78, 5) is 0. The average Bonchev–Trinajstić information content (AvgIpc) is 3.08. The summed E-state index contributed by atoms with van der Waals surface area (Å²) in [7, 11) is 5.42. The first-order chi connectivity index (χ1) is 7.80. The number of ether oxygens (including phenoxy) is 2.